The van der Waals surface area contributed by atoms with E-state index in [0.717, 1.165) is 6.07 Å². The van der Waals surface area contributed by atoms with Crippen LogP contribution in [0.1, 0.15) is 0 Å². The van der Waals surface area contributed by atoms with Crippen molar-refractivity contribution in [3.63, 3.8) is 0 Å². The summed E-state index contributed by atoms with van der Waals surface area (Å²) in [5.41, 5.74) is 0. The van der Waals surface area contributed by atoms with Crippen LogP contribution in [0.4, 0.5) is 0 Å². The molecule has 0 unspecified atom stereocenters. The van der Waals surface area contributed by atoms with Crippen LogP contribution < -0.4 is 0 Å². The van der Waals surface area contributed by atoms with Gasteiger partial charge in [0, 0.05) is 0 Å². The van der Waals surface area contributed by atoms with Gasteiger partial charge in [0.25, 0.3) is 0 Å². The maximum absolute atomic E-state index is 9.01. The summed E-state index contributed by atoms with van der Waals surface area (Å²) in [5.74, 6) is -1.44. The van der Waals surface area contributed by atoms with Gasteiger partial charge in [-0.1, -0.05) is 0 Å². The first kappa shape index (κ1) is 30.7. The fourth-order valence-electron chi connectivity index (χ4n) is 0. The monoisotopic (exact) mass is 161 g/mol. The molecule has 0 amide bonds. The van der Waals surface area contributed by atoms with Crippen molar-refractivity contribution in [1.29, 1.82) is 5.26 Å². The third-order valence-corrected chi connectivity index (χ3v) is 0.0956. The van der Waals surface area contributed by atoms with Gasteiger partial charge in [-0.3, -0.25) is 0 Å². The van der Waals surface area contributed by atoms with Crippen LogP contribution in [0.5, 0.6) is 0 Å². The Morgan fingerprint density at radius 2 is 1.44 bits per heavy atom. The van der Waals surface area contributed by atoms with E-state index in [1.54, 1.807) is 0 Å². The molecule has 0 rings (SSSR count). The zero-order valence-electron chi connectivity index (χ0n) is 2.80. The molecule has 3 N–H and O–H groups in total. The van der Waals surface area contributed by atoms with Crippen LogP contribution in [0, 0.1) is 11.3 Å². The van der Waals surface area contributed by atoms with E-state index in [1.165, 1.54) is 0 Å². The molecule has 0 aliphatic heterocycles. The summed E-state index contributed by atoms with van der Waals surface area (Å²) in [7, 11) is 0. The number of nitriles is 1. The molecule has 0 aromatic heterocycles. The fourth-order valence-corrected chi connectivity index (χ4v) is 0. The Bertz CT molecular complexity index is 89.5. The van der Waals surface area contributed by atoms with Gasteiger partial charge >= 0.3 is 94.6 Å². The second kappa shape index (κ2) is 22.5. The van der Waals surface area contributed by atoms with Crippen LogP contribution in [0.25, 0.3) is 0 Å². The number of hydrogen-bond acceptors (Lipinski definition) is 2. The van der Waals surface area contributed by atoms with Crippen LogP contribution in [-0.4, -0.2) is 105 Å². The summed E-state index contributed by atoms with van der Waals surface area (Å²) in [5, 5.41) is 14.7. The summed E-state index contributed by atoms with van der Waals surface area (Å²) in [4.78, 5) is 9.01. The number of carboxylic acid groups (broad SMARTS) is 1. The van der Waals surface area contributed by atoms with Gasteiger partial charge < -0.3 is 10.6 Å². The minimum atomic E-state index is -1.44. The van der Waals surface area contributed by atoms with Crippen LogP contribution in [0.2, 0.25) is 0 Å². The number of nitrogens with zero attached hydrogens (tertiary/aromatic N) is 1. The Morgan fingerprint density at radius 3 is 1.44 bits per heavy atom. The van der Waals surface area contributed by atoms with E-state index in [9.17, 15) is 0 Å². The fraction of sp³-hybridized carbons (Fsp3) is 0. The molecule has 0 atom stereocenters. The Balaban J connectivity index is -0.0000000133. The first-order chi connectivity index (χ1) is 2.27. The molecular weight excluding hydrogens is 155 g/mol. The van der Waals surface area contributed by atoms with Crippen molar-refractivity contribution in [1.82, 2.24) is 0 Å². The normalized spacial score (nSPS) is 3.00. The van der Waals surface area contributed by atoms with Crippen molar-refractivity contribution >= 4 is 94.6 Å². The average molecular weight is 161 g/mol. The molecule has 7 heteroatoms. The molecule has 4 nitrogen and oxygen atoms in total. The van der Waals surface area contributed by atoms with Gasteiger partial charge in [-0.15, -0.1) is 0 Å². The molecule has 0 aliphatic carbocycles. The Kier molecular flexibility index (Phi) is 76.7. The van der Waals surface area contributed by atoms with E-state index in [-0.39, 0.29) is 94.1 Å². The Labute approximate surface area is 119 Å². The summed E-state index contributed by atoms with van der Waals surface area (Å²) < 4.78 is 0. The predicted molar refractivity (Wildman–Crippen MR) is 38.3 cm³/mol. The van der Waals surface area contributed by atoms with Gasteiger partial charge in [-0.05, 0) is 0 Å². The third-order valence-electron chi connectivity index (χ3n) is 0.0956. The first-order valence-electron chi connectivity index (χ1n) is 0.901. The molecule has 0 saturated heterocycles. The molecule has 0 saturated carbocycles. The topological polar surface area (TPSA) is 92.6 Å². The number of carbonyl (C=O) groups is 1. The molecule has 0 aromatic carbocycles. The minimum absolute atomic E-state index is 0. The van der Waals surface area contributed by atoms with Crippen molar-refractivity contribution in [3.8, 4) is 6.07 Å². The van der Waals surface area contributed by atoms with Crippen molar-refractivity contribution in [2.24, 2.45) is 0 Å². The molecule has 0 aromatic rings. The van der Waals surface area contributed by atoms with Crippen LogP contribution >= 0.6 is 0 Å². The van der Waals surface area contributed by atoms with Crippen LogP contribution in [0.15, 0.2) is 0 Å². The average Bonchev–Trinajstić information content (AvgIpc) is 1.38. The number of rotatable bonds is 0. The molecule has 40 valence electrons. The number of carboxylic acids is 1. The molecule has 0 heterocycles. The first-order valence-corrected chi connectivity index (χ1v) is 0.901. The van der Waals surface area contributed by atoms with Crippen molar-refractivity contribution in [2.45, 2.75) is 0 Å². The van der Waals surface area contributed by atoms with E-state index < -0.39 is 5.97 Å². The SMILES string of the molecule is N#CC(=O)O.O.[NaH].[NaH].[NaH]. The summed E-state index contributed by atoms with van der Waals surface area (Å²) >= 11 is 0. The van der Waals surface area contributed by atoms with E-state index in [4.69, 9.17) is 15.2 Å². The second-order valence-electron chi connectivity index (χ2n) is 0.417. The van der Waals surface area contributed by atoms with Gasteiger partial charge in [-0.25, -0.2) is 4.79 Å². The molecule has 0 radical (unpaired) electrons. The van der Waals surface area contributed by atoms with Gasteiger partial charge in [0.05, 0.1) is 0 Å². The Morgan fingerprint density at radius 1 is 1.33 bits per heavy atom. The van der Waals surface area contributed by atoms with Gasteiger partial charge in [0.15, 0.2) is 6.07 Å². The molecule has 0 aliphatic rings. The standard InChI is InChI=1S/C2HNO2.3Na.H2O.3H/c3-1-2(4)5;;;;;;;/h(H,4,5);;;;1H2;;;. The second-order valence-corrected chi connectivity index (χ2v) is 0.417. The summed E-state index contributed by atoms with van der Waals surface area (Å²) in [6.45, 7) is 0. The van der Waals surface area contributed by atoms with Gasteiger partial charge in [0.2, 0.25) is 0 Å². The summed E-state index contributed by atoms with van der Waals surface area (Å²) in [6, 6.07) is 0.944. The molecular formula is C2H6NNa3O3. The van der Waals surface area contributed by atoms with E-state index in [2.05, 4.69) is 0 Å². The van der Waals surface area contributed by atoms with E-state index in [0.29, 0.717) is 0 Å². The molecule has 0 spiro atoms. The van der Waals surface area contributed by atoms with Crippen molar-refractivity contribution < 1.29 is 15.4 Å². The molecule has 0 fully saturated rings. The van der Waals surface area contributed by atoms with Crippen molar-refractivity contribution in [2.75, 3.05) is 0 Å². The Hall–Kier alpha value is 1.92. The van der Waals surface area contributed by atoms with E-state index >= 15 is 0 Å². The number of hydrogen-bond donors (Lipinski definition) is 1. The zero-order chi connectivity index (χ0) is 4.28. The van der Waals surface area contributed by atoms with E-state index in [1.807, 2.05) is 0 Å². The molecule has 9 heavy (non-hydrogen) atoms. The van der Waals surface area contributed by atoms with Gasteiger partial charge in [-0.2, -0.15) is 5.26 Å². The predicted octanol–water partition coefficient (Wildman–Crippen LogP) is -3.18. The van der Waals surface area contributed by atoms with Gasteiger partial charge in [0.1, 0.15) is 0 Å². The van der Waals surface area contributed by atoms with Crippen LogP contribution in [0.3, 0.4) is 0 Å². The van der Waals surface area contributed by atoms with Crippen LogP contribution in [-0.2, 0) is 4.79 Å². The quantitative estimate of drug-likeness (QED) is 0.230. The molecule has 0 bridgehead atoms. The maximum atomic E-state index is 9.01. The third kappa shape index (κ3) is 40.5. The summed E-state index contributed by atoms with van der Waals surface area (Å²) in [6.07, 6.45) is 0. The number of aliphatic carboxylic acids is 1. The van der Waals surface area contributed by atoms with Crippen molar-refractivity contribution in [3.05, 3.63) is 0 Å². The zero-order valence-corrected chi connectivity index (χ0v) is 2.80.